The minimum atomic E-state index is -0.396. The first-order valence-corrected chi connectivity index (χ1v) is 10.2. The van der Waals surface area contributed by atoms with Crippen molar-refractivity contribution in [3.63, 3.8) is 0 Å². The molecule has 0 aromatic carbocycles. The second kappa shape index (κ2) is 9.04. The normalized spacial score (nSPS) is 24.3. The number of amides is 3. The summed E-state index contributed by atoms with van der Waals surface area (Å²) in [5, 5.41) is 6.51. The molecular formula is C19H34N4O3. The van der Waals surface area contributed by atoms with Crippen LogP contribution in [0.3, 0.4) is 0 Å². The number of hydrogen-bond donors (Lipinski definition) is 2. The van der Waals surface area contributed by atoms with Gasteiger partial charge in [-0.2, -0.15) is 0 Å². The first kappa shape index (κ1) is 19.4. The third-order valence-electron chi connectivity index (χ3n) is 6.22. The van der Waals surface area contributed by atoms with Gasteiger partial charge in [-0.3, -0.25) is 4.79 Å². The number of methoxy groups -OCH3 is 1. The van der Waals surface area contributed by atoms with Gasteiger partial charge in [0.2, 0.25) is 5.91 Å². The maximum atomic E-state index is 13.2. The van der Waals surface area contributed by atoms with Crippen LogP contribution in [0.5, 0.6) is 0 Å². The predicted octanol–water partition coefficient (Wildman–Crippen LogP) is 1.19. The zero-order chi connectivity index (χ0) is 18.4. The van der Waals surface area contributed by atoms with Crippen molar-refractivity contribution in [2.45, 2.75) is 51.0 Å². The first-order chi connectivity index (χ1) is 12.6. The molecule has 148 valence electrons. The molecule has 0 bridgehead atoms. The van der Waals surface area contributed by atoms with E-state index in [4.69, 9.17) is 4.74 Å². The van der Waals surface area contributed by atoms with Crippen molar-refractivity contribution in [1.29, 1.82) is 0 Å². The number of urea groups is 1. The van der Waals surface area contributed by atoms with Gasteiger partial charge in [0.15, 0.2) is 0 Å². The van der Waals surface area contributed by atoms with E-state index in [0.717, 1.165) is 38.8 Å². The van der Waals surface area contributed by atoms with Crippen LogP contribution in [-0.4, -0.2) is 80.8 Å². The van der Waals surface area contributed by atoms with Crippen molar-refractivity contribution in [2.75, 3.05) is 53.0 Å². The number of piperazine rings is 1. The van der Waals surface area contributed by atoms with E-state index in [1.807, 2.05) is 9.80 Å². The largest absolute Gasteiger partial charge is 0.384 e. The Morgan fingerprint density at radius 1 is 1.04 bits per heavy atom. The van der Waals surface area contributed by atoms with E-state index in [9.17, 15) is 9.59 Å². The molecule has 7 heteroatoms. The average molecular weight is 367 g/mol. The number of piperidine rings is 1. The second-order valence-electron chi connectivity index (χ2n) is 8.03. The Morgan fingerprint density at radius 2 is 1.65 bits per heavy atom. The van der Waals surface area contributed by atoms with Gasteiger partial charge in [0, 0.05) is 39.3 Å². The molecule has 7 nitrogen and oxygen atoms in total. The van der Waals surface area contributed by atoms with Crippen LogP contribution in [0.4, 0.5) is 4.79 Å². The zero-order valence-corrected chi connectivity index (χ0v) is 16.1. The van der Waals surface area contributed by atoms with Crippen LogP contribution in [0.1, 0.15) is 44.9 Å². The maximum Gasteiger partial charge on any atom is 0.317 e. The van der Waals surface area contributed by atoms with Crippen LogP contribution in [0.2, 0.25) is 0 Å². The van der Waals surface area contributed by atoms with E-state index in [1.165, 1.54) is 19.3 Å². The maximum absolute atomic E-state index is 13.2. The van der Waals surface area contributed by atoms with Gasteiger partial charge < -0.3 is 25.2 Å². The van der Waals surface area contributed by atoms with Crippen LogP contribution in [0.25, 0.3) is 0 Å². The lowest BCUT2D eigenvalue weighted by molar-refractivity contribution is -0.149. The van der Waals surface area contributed by atoms with Crippen molar-refractivity contribution in [3.05, 3.63) is 0 Å². The molecule has 2 aliphatic heterocycles. The molecule has 0 aromatic heterocycles. The summed E-state index contributed by atoms with van der Waals surface area (Å²) < 4.78 is 5.39. The third-order valence-corrected chi connectivity index (χ3v) is 6.22. The monoisotopic (exact) mass is 366 g/mol. The fourth-order valence-corrected chi connectivity index (χ4v) is 4.56. The van der Waals surface area contributed by atoms with Gasteiger partial charge in [0.1, 0.15) is 0 Å². The summed E-state index contributed by atoms with van der Waals surface area (Å²) in [6.07, 6.45) is 7.54. The van der Waals surface area contributed by atoms with E-state index < -0.39 is 5.41 Å². The number of nitrogens with one attached hydrogen (secondary N) is 2. The number of carbonyl (C=O) groups is 2. The topological polar surface area (TPSA) is 73.9 Å². The van der Waals surface area contributed by atoms with Gasteiger partial charge in [-0.1, -0.05) is 19.3 Å². The summed E-state index contributed by atoms with van der Waals surface area (Å²) >= 11 is 0. The van der Waals surface area contributed by atoms with E-state index in [2.05, 4.69) is 10.6 Å². The van der Waals surface area contributed by atoms with Gasteiger partial charge in [0.05, 0.1) is 12.0 Å². The molecule has 0 spiro atoms. The van der Waals surface area contributed by atoms with Gasteiger partial charge in [0.25, 0.3) is 0 Å². The molecule has 2 saturated heterocycles. The minimum Gasteiger partial charge on any atom is -0.384 e. The van der Waals surface area contributed by atoms with Gasteiger partial charge >= 0.3 is 6.03 Å². The highest BCUT2D eigenvalue weighted by molar-refractivity contribution is 5.83. The molecule has 3 fully saturated rings. The van der Waals surface area contributed by atoms with Crippen LogP contribution in [0, 0.1) is 5.41 Å². The molecule has 3 amide bonds. The highest BCUT2D eigenvalue weighted by Gasteiger charge is 2.43. The standard InChI is InChI=1S/C19H34N4O3/c1-26-15-19(7-9-20-10-8-19)17(24)22-11-13-23(14-12-22)18(25)21-16-5-3-2-4-6-16/h16,20H,2-15H2,1H3,(H,21,25). The van der Waals surface area contributed by atoms with Crippen LogP contribution in [-0.2, 0) is 9.53 Å². The van der Waals surface area contributed by atoms with E-state index in [-0.39, 0.29) is 11.9 Å². The summed E-state index contributed by atoms with van der Waals surface area (Å²) in [6.45, 7) is 4.68. The summed E-state index contributed by atoms with van der Waals surface area (Å²) in [5.41, 5.74) is -0.396. The van der Waals surface area contributed by atoms with E-state index in [1.54, 1.807) is 7.11 Å². The number of ether oxygens (including phenoxy) is 1. The van der Waals surface area contributed by atoms with Crippen LogP contribution in [0.15, 0.2) is 0 Å². The Balaban J connectivity index is 1.50. The third kappa shape index (κ3) is 4.49. The highest BCUT2D eigenvalue weighted by Crippen LogP contribution is 2.32. The van der Waals surface area contributed by atoms with E-state index in [0.29, 0.717) is 38.8 Å². The molecule has 3 rings (SSSR count). The number of nitrogens with zero attached hydrogens (tertiary/aromatic N) is 2. The quantitative estimate of drug-likeness (QED) is 0.784. The molecule has 0 atom stereocenters. The zero-order valence-electron chi connectivity index (χ0n) is 16.1. The Hall–Kier alpha value is -1.34. The molecule has 0 aromatic rings. The molecule has 3 aliphatic rings. The number of carbonyl (C=O) groups excluding carboxylic acids is 2. The lowest BCUT2D eigenvalue weighted by atomic mass is 9.78. The molecule has 1 saturated carbocycles. The van der Waals surface area contributed by atoms with Crippen LogP contribution >= 0.6 is 0 Å². The molecular weight excluding hydrogens is 332 g/mol. The fraction of sp³-hybridized carbons (Fsp3) is 0.895. The Labute approximate surface area is 156 Å². The number of rotatable bonds is 4. The van der Waals surface area contributed by atoms with Crippen molar-refractivity contribution < 1.29 is 14.3 Å². The van der Waals surface area contributed by atoms with Gasteiger partial charge in [-0.25, -0.2) is 4.79 Å². The Kier molecular flexibility index (Phi) is 6.75. The smallest absolute Gasteiger partial charge is 0.317 e. The summed E-state index contributed by atoms with van der Waals surface area (Å²) in [5.74, 6) is 0.202. The van der Waals surface area contributed by atoms with Crippen molar-refractivity contribution in [3.8, 4) is 0 Å². The van der Waals surface area contributed by atoms with E-state index >= 15 is 0 Å². The lowest BCUT2D eigenvalue weighted by Gasteiger charge is -2.42. The second-order valence-corrected chi connectivity index (χ2v) is 8.03. The van der Waals surface area contributed by atoms with Gasteiger partial charge in [-0.05, 0) is 38.8 Å². The average Bonchev–Trinajstić information content (AvgIpc) is 2.69. The predicted molar refractivity (Wildman–Crippen MR) is 100.0 cm³/mol. The summed E-state index contributed by atoms with van der Waals surface area (Å²) in [7, 11) is 1.67. The Bertz CT molecular complexity index is 474. The highest BCUT2D eigenvalue weighted by atomic mass is 16.5. The summed E-state index contributed by atoms with van der Waals surface area (Å²) in [6, 6.07) is 0.369. The molecule has 26 heavy (non-hydrogen) atoms. The molecule has 0 radical (unpaired) electrons. The lowest BCUT2D eigenvalue weighted by Crippen LogP contribution is -2.58. The number of hydrogen-bond acceptors (Lipinski definition) is 4. The molecule has 2 N–H and O–H groups in total. The molecule has 2 heterocycles. The van der Waals surface area contributed by atoms with Crippen molar-refractivity contribution in [2.24, 2.45) is 5.41 Å². The van der Waals surface area contributed by atoms with Crippen molar-refractivity contribution in [1.82, 2.24) is 20.4 Å². The fourth-order valence-electron chi connectivity index (χ4n) is 4.56. The summed E-state index contributed by atoms with van der Waals surface area (Å²) in [4.78, 5) is 29.5. The minimum absolute atomic E-state index is 0.0393. The SMILES string of the molecule is COCC1(C(=O)N2CCN(C(=O)NC3CCCCC3)CC2)CCNCC1. The van der Waals surface area contributed by atoms with Gasteiger partial charge in [-0.15, -0.1) is 0 Å². The molecule has 0 unspecified atom stereocenters. The Morgan fingerprint density at radius 3 is 2.27 bits per heavy atom. The first-order valence-electron chi connectivity index (χ1n) is 10.2. The van der Waals surface area contributed by atoms with Crippen LogP contribution < -0.4 is 10.6 Å². The van der Waals surface area contributed by atoms with Crippen molar-refractivity contribution >= 4 is 11.9 Å². The molecule has 1 aliphatic carbocycles.